The Morgan fingerprint density at radius 3 is 2.67 bits per heavy atom. The van der Waals surface area contributed by atoms with E-state index in [1.54, 1.807) is 0 Å². The number of nitrogens with one attached hydrogen (secondary N) is 1. The lowest BCUT2D eigenvalue weighted by atomic mass is 10.1. The van der Waals surface area contributed by atoms with Crippen molar-refractivity contribution >= 4 is 20.7 Å². The van der Waals surface area contributed by atoms with Gasteiger partial charge in [-0.2, -0.15) is 0 Å². The molecule has 1 aromatic heterocycles. The average Bonchev–Trinajstić information content (AvgIpc) is 2.77. The van der Waals surface area contributed by atoms with E-state index in [2.05, 4.69) is 37.4 Å². The summed E-state index contributed by atoms with van der Waals surface area (Å²) >= 11 is 0. The molecule has 0 bridgehead atoms. The van der Waals surface area contributed by atoms with Crippen molar-refractivity contribution in [2.75, 3.05) is 18.6 Å². The van der Waals surface area contributed by atoms with Crippen LogP contribution >= 0.6 is 0 Å². The Hall–Kier alpha value is -1.33. The summed E-state index contributed by atoms with van der Waals surface area (Å²) in [6.07, 6.45) is 3.24. The third kappa shape index (κ3) is 4.86. The molecule has 0 aliphatic heterocycles. The van der Waals surface area contributed by atoms with Crippen LogP contribution in [0, 0.1) is 5.92 Å². The zero-order chi connectivity index (χ0) is 15.5. The highest BCUT2D eigenvalue weighted by molar-refractivity contribution is 7.90. The van der Waals surface area contributed by atoms with Gasteiger partial charge < -0.3 is 9.88 Å². The maximum Gasteiger partial charge on any atom is 0.149 e. The second-order valence-electron chi connectivity index (χ2n) is 6.06. The number of hydrogen-bond donors (Lipinski definition) is 1. The molecule has 0 saturated heterocycles. The second-order valence-corrected chi connectivity index (χ2v) is 8.32. The van der Waals surface area contributed by atoms with Crippen LogP contribution in [0.2, 0.25) is 0 Å². The minimum Gasteiger partial charge on any atom is -0.346 e. The standard InChI is InChI=1S/C16H24N2O2S/c1-13(2)11-17-12-14-4-5-15-6-7-18(16(15)10-14)8-9-21(3,19)20/h4-7,10,13,17H,8-9,11-12H2,1-3H3. The lowest BCUT2D eigenvalue weighted by Gasteiger charge is -2.09. The predicted octanol–water partition coefficient (Wildman–Crippen LogP) is 2.43. The Morgan fingerprint density at radius 1 is 1.24 bits per heavy atom. The number of benzene rings is 1. The van der Waals surface area contributed by atoms with Crippen molar-refractivity contribution < 1.29 is 8.42 Å². The average molecular weight is 308 g/mol. The molecule has 0 amide bonds. The van der Waals surface area contributed by atoms with Crippen LogP contribution in [0.4, 0.5) is 0 Å². The predicted molar refractivity (Wildman–Crippen MR) is 88.2 cm³/mol. The summed E-state index contributed by atoms with van der Waals surface area (Å²) < 4.78 is 24.6. The lowest BCUT2D eigenvalue weighted by Crippen LogP contribution is -2.18. The molecule has 0 aliphatic rings. The molecule has 4 nitrogen and oxygen atoms in total. The fourth-order valence-electron chi connectivity index (χ4n) is 2.30. The third-order valence-electron chi connectivity index (χ3n) is 3.42. The summed E-state index contributed by atoms with van der Waals surface area (Å²) in [5.74, 6) is 0.805. The largest absolute Gasteiger partial charge is 0.346 e. The molecule has 5 heteroatoms. The Kier molecular flexibility index (Phi) is 5.06. The highest BCUT2D eigenvalue weighted by Crippen LogP contribution is 2.18. The maximum atomic E-state index is 11.3. The summed E-state index contributed by atoms with van der Waals surface area (Å²) in [5, 5.41) is 4.58. The third-order valence-corrected chi connectivity index (χ3v) is 4.35. The van der Waals surface area contributed by atoms with Gasteiger partial charge in [0.15, 0.2) is 0 Å². The van der Waals surface area contributed by atoms with E-state index in [0.29, 0.717) is 12.5 Å². The van der Waals surface area contributed by atoms with Crippen molar-refractivity contribution in [2.24, 2.45) is 5.92 Å². The SMILES string of the molecule is CC(C)CNCc1ccc2ccn(CCS(C)(=O)=O)c2c1. The minimum atomic E-state index is -2.94. The van der Waals surface area contributed by atoms with Crippen molar-refractivity contribution in [3.8, 4) is 0 Å². The summed E-state index contributed by atoms with van der Waals surface area (Å²) in [6.45, 7) is 6.71. The van der Waals surface area contributed by atoms with Crippen LogP contribution in [0.15, 0.2) is 30.5 Å². The Bertz CT molecular complexity index is 702. The molecular weight excluding hydrogens is 284 g/mol. The molecule has 0 unspecified atom stereocenters. The molecule has 2 aromatic rings. The van der Waals surface area contributed by atoms with Crippen LogP contribution in [-0.4, -0.2) is 31.5 Å². The van der Waals surface area contributed by atoms with E-state index in [-0.39, 0.29) is 5.75 Å². The molecule has 0 radical (unpaired) electrons. The molecule has 0 spiro atoms. The number of rotatable bonds is 7. The molecule has 2 rings (SSSR count). The molecule has 21 heavy (non-hydrogen) atoms. The van der Waals surface area contributed by atoms with E-state index in [1.807, 2.05) is 16.8 Å². The highest BCUT2D eigenvalue weighted by Gasteiger charge is 2.06. The van der Waals surface area contributed by atoms with E-state index in [0.717, 1.165) is 24.0 Å². The van der Waals surface area contributed by atoms with Crippen LogP contribution in [0.3, 0.4) is 0 Å². The Labute approximate surface area is 127 Å². The molecule has 0 atom stereocenters. The van der Waals surface area contributed by atoms with Gasteiger partial charge in [0.1, 0.15) is 9.84 Å². The van der Waals surface area contributed by atoms with Gasteiger partial charge in [0.05, 0.1) is 5.75 Å². The monoisotopic (exact) mass is 308 g/mol. The first-order valence-corrected chi connectivity index (χ1v) is 9.37. The summed E-state index contributed by atoms with van der Waals surface area (Å²) in [4.78, 5) is 0. The van der Waals surface area contributed by atoms with Gasteiger partial charge in [0, 0.05) is 31.1 Å². The first-order chi connectivity index (χ1) is 9.85. The molecule has 1 heterocycles. The topological polar surface area (TPSA) is 51.1 Å². The molecule has 0 saturated carbocycles. The highest BCUT2D eigenvalue weighted by atomic mass is 32.2. The van der Waals surface area contributed by atoms with Gasteiger partial charge in [-0.3, -0.25) is 0 Å². The van der Waals surface area contributed by atoms with E-state index < -0.39 is 9.84 Å². The number of hydrogen-bond acceptors (Lipinski definition) is 3. The van der Waals surface area contributed by atoms with Crippen molar-refractivity contribution in [2.45, 2.75) is 26.9 Å². The van der Waals surface area contributed by atoms with Crippen LogP contribution in [-0.2, 0) is 22.9 Å². The smallest absolute Gasteiger partial charge is 0.149 e. The fourth-order valence-corrected chi connectivity index (χ4v) is 2.83. The number of nitrogens with zero attached hydrogens (tertiary/aromatic N) is 1. The van der Waals surface area contributed by atoms with E-state index in [9.17, 15) is 8.42 Å². The molecule has 0 fully saturated rings. The quantitative estimate of drug-likeness (QED) is 0.854. The molecular formula is C16H24N2O2S. The second kappa shape index (κ2) is 6.62. The fraction of sp³-hybridized carbons (Fsp3) is 0.500. The first kappa shape index (κ1) is 16.0. The number of fused-ring (bicyclic) bond motifs is 1. The van der Waals surface area contributed by atoms with Crippen LogP contribution in [0.1, 0.15) is 19.4 Å². The lowest BCUT2D eigenvalue weighted by molar-refractivity contribution is 0.552. The van der Waals surface area contributed by atoms with E-state index in [4.69, 9.17) is 0 Å². The van der Waals surface area contributed by atoms with Crippen LogP contribution in [0.25, 0.3) is 10.9 Å². The molecule has 1 aromatic carbocycles. The van der Waals surface area contributed by atoms with Gasteiger partial charge in [-0.1, -0.05) is 26.0 Å². The zero-order valence-electron chi connectivity index (χ0n) is 13.0. The first-order valence-electron chi connectivity index (χ1n) is 7.31. The molecule has 0 aliphatic carbocycles. The number of aromatic nitrogens is 1. The van der Waals surface area contributed by atoms with Crippen molar-refractivity contribution in [1.29, 1.82) is 0 Å². The Morgan fingerprint density at radius 2 is 2.00 bits per heavy atom. The van der Waals surface area contributed by atoms with E-state index in [1.165, 1.54) is 11.8 Å². The van der Waals surface area contributed by atoms with Crippen molar-refractivity contribution in [3.05, 3.63) is 36.0 Å². The van der Waals surface area contributed by atoms with Crippen molar-refractivity contribution in [1.82, 2.24) is 9.88 Å². The van der Waals surface area contributed by atoms with Crippen LogP contribution in [0.5, 0.6) is 0 Å². The summed E-state index contributed by atoms with van der Waals surface area (Å²) in [6, 6.07) is 8.39. The van der Waals surface area contributed by atoms with Crippen LogP contribution < -0.4 is 5.32 Å². The molecule has 1 N–H and O–H groups in total. The van der Waals surface area contributed by atoms with Gasteiger partial charge in [-0.05, 0) is 35.5 Å². The normalized spacial score (nSPS) is 12.4. The van der Waals surface area contributed by atoms with Gasteiger partial charge in [-0.15, -0.1) is 0 Å². The summed E-state index contributed by atoms with van der Waals surface area (Å²) in [7, 11) is -2.94. The zero-order valence-corrected chi connectivity index (χ0v) is 13.8. The summed E-state index contributed by atoms with van der Waals surface area (Å²) in [5.41, 5.74) is 2.32. The number of sulfone groups is 1. The van der Waals surface area contributed by atoms with Crippen molar-refractivity contribution in [3.63, 3.8) is 0 Å². The molecule has 116 valence electrons. The van der Waals surface area contributed by atoms with E-state index >= 15 is 0 Å². The Balaban J connectivity index is 2.13. The van der Waals surface area contributed by atoms with Gasteiger partial charge >= 0.3 is 0 Å². The van der Waals surface area contributed by atoms with Gasteiger partial charge in [0.2, 0.25) is 0 Å². The van der Waals surface area contributed by atoms with Gasteiger partial charge in [-0.25, -0.2) is 8.42 Å². The number of aryl methyl sites for hydroxylation is 1. The van der Waals surface area contributed by atoms with Gasteiger partial charge in [0.25, 0.3) is 0 Å². The maximum absolute atomic E-state index is 11.3. The minimum absolute atomic E-state index is 0.173.